The molecule has 7 heteroatoms. The number of nitrogens with one attached hydrogen (secondary N) is 1. The minimum Gasteiger partial charge on any atom is -0.495 e. The van der Waals surface area contributed by atoms with E-state index in [1.807, 2.05) is 24.3 Å². The summed E-state index contributed by atoms with van der Waals surface area (Å²) in [7, 11) is 1.65. The van der Waals surface area contributed by atoms with E-state index in [2.05, 4.69) is 20.4 Å². The molecule has 0 fully saturated rings. The number of methoxy groups -OCH3 is 1. The fourth-order valence-corrected chi connectivity index (χ4v) is 2.82. The van der Waals surface area contributed by atoms with Crippen LogP contribution in [-0.4, -0.2) is 33.3 Å². The molecule has 3 aromatic rings. The van der Waals surface area contributed by atoms with Crippen LogP contribution in [0.1, 0.15) is 29.7 Å². The number of aromatic nitrogens is 4. The van der Waals surface area contributed by atoms with E-state index in [1.54, 1.807) is 31.9 Å². The molecule has 0 aliphatic carbocycles. The molecule has 0 amide bonds. The van der Waals surface area contributed by atoms with Crippen molar-refractivity contribution in [2.24, 2.45) is 0 Å². The second-order valence-corrected chi connectivity index (χ2v) is 6.15. The fraction of sp³-hybridized carbons (Fsp3) is 0.300. The quantitative estimate of drug-likeness (QED) is 0.586. The molecule has 0 saturated carbocycles. The van der Waals surface area contributed by atoms with Crippen LogP contribution in [0.25, 0.3) is 0 Å². The van der Waals surface area contributed by atoms with Crippen LogP contribution < -0.4 is 15.7 Å². The molecule has 3 rings (SSSR count). The van der Waals surface area contributed by atoms with Gasteiger partial charge in [-0.05, 0) is 43.0 Å². The Bertz CT molecular complexity index is 912. The summed E-state index contributed by atoms with van der Waals surface area (Å²) in [5.74, 6) is 0.814. The highest BCUT2D eigenvalue weighted by atomic mass is 16.5. The van der Waals surface area contributed by atoms with Crippen molar-refractivity contribution in [1.82, 2.24) is 19.6 Å². The van der Waals surface area contributed by atoms with Gasteiger partial charge in [-0.15, -0.1) is 0 Å². The molecule has 0 radical (unpaired) electrons. The van der Waals surface area contributed by atoms with Gasteiger partial charge in [0.1, 0.15) is 12.1 Å². The summed E-state index contributed by atoms with van der Waals surface area (Å²) in [5, 5.41) is 0. The smallest absolute Gasteiger partial charge is 0.275 e. The Morgan fingerprint density at radius 2 is 2.00 bits per heavy atom. The Kier molecular flexibility index (Phi) is 6.51. The van der Waals surface area contributed by atoms with Gasteiger partial charge < -0.3 is 10.2 Å². The van der Waals surface area contributed by atoms with Gasteiger partial charge in [0, 0.05) is 43.3 Å². The maximum absolute atomic E-state index is 12.6. The van der Waals surface area contributed by atoms with Crippen molar-refractivity contribution < 1.29 is 4.74 Å². The third kappa shape index (κ3) is 5.13. The van der Waals surface area contributed by atoms with E-state index in [0.29, 0.717) is 18.5 Å². The molecule has 0 aliphatic rings. The molecule has 0 aliphatic heterocycles. The number of rotatable bonds is 9. The standard InChI is InChI=1S/C20H23N5O2/c1-27-19-8-5-10-23-18(19)7-2-3-11-24-25-15-22-14-17(20(25)26)12-16-6-4-9-21-13-16/h4-6,8-10,13-15,24H,2-3,7,11-12H2,1H3. The summed E-state index contributed by atoms with van der Waals surface area (Å²) >= 11 is 0. The third-order valence-corrected chi connectivity index (χ3v) is 4.21. The van der Waals surface area contributed by atoms with Gasteiger partial charge in [-0.3, -0.25) is 14.8 Å². The zero-order valence-corrected chi connectivity index (χ0v) is 15.3. The lowest BCUT2D eigenvalue weighted by molar-refractivity contribution is 0.406. The molecule has 27 heavy (non-hydrogen) atoms. The molecule has 0 bridgehead atoms. The Labute approximate surface area is 158 Å². The van der Waals surface area contributed by atoms with Crippen molar-refractivity contribution >= 4 is 0 Å². The van der Waals surface area contributed by atoms with Crippen LogP contribution >= 0.6 is 0 Å². The molecular formula is C20H23N5O2. The lowest BCUT2D eigenvalue weighted by Crippen LogP contribution is -2.32. The second kappa shape index (κ2) is 9.47. The number of aryl methyl sites for hydroxylation is 1. The lowest BCUT2D eigenvalue weighted by Gasteiger charge is -2.11. The van der Waals surface area contributed by atoms with Crippen molar-refractivity contribution in [3.8, 4) is 5.75 Å². The van der Waals surface area contributed by atoms with Gasteiger partial charge in [0.15, 0.2) is 0 Å². The highest BCUT2D eigenvalue weighted by Gasteiger charge is 2.06. The van der Waals surface area contributed by atoms with Gasteiger partial charge in [0.2, 0.25) is 0 Å². The zero-order chi connectivity index (χ0) is 18.9. The normalized spacial score (nSPS) is 10.6. The Morgan fingerprint density at radius 1 is 1.11 bits per heavy atom. The highest BCUT2D eigenvalue weighted by Crippen LogP contribution is 2.16. The van der Waals surface area contributed by atoms with E-state index in [9.17, 15) is 4.79 Å². The summed E-state index contributed by atoms with van der Waals surface area (Å²) in [6, 6.07) is 7.59. The van der Waals surface area contributed by atoms with E-state index in [0.717, 1.165) is 36.3 Å². The maximum Gasteiger partial charge on any atom is 0.275 e. The van der Waals surface area contributed by atoms with E-state index in [1.165, 1.54) is 11.0 Å². The van der Waals surface area contributed by atoms with Gasteiger partial charge in [0.25, 0.3) is 5.56 Å². The van der Waals surface area contributed by atoms with Gasteiger partial charge in [-0.2, -0.15) is 0 Å². The molecule has 3 aromatic heterocycles. The predicted octanol–water partition coefficient (Wildman–Crippen LogP) is 2.20. The summed E-state index contributed by atoms with van der Waals surface area (Å²) < 4.78 is 6.76. The van der Waals surface area contributed by atoms with Crippen molar-refractivity contribution in [1.29, 1.82) is 0 Å². The minimum atomic E-state index is -0.0831. The summed E-state index contributed by atoms with van der Waals surface area (Å²) in [6.07, 6.45) is 11.6. The maximum atomic E-state index is 12.6. The molecule has 0 saturated heterocycles. The molecule has 0 atom stereocenters. The van der Waals surface area contributed by atoms with Crippen LogP contribution in [0.2, 0.25) is 0 Å². The number of nitrogens with zero attached hydrogens (tertiary/aromatic N) is 4. The second-order valence-electron chi connectivity index (χ2n) is 6.15. The van der Waals surface area contributed by atoms with Crippen molar-refractivity contribution in [2.75, 3.05) is 19.1 Å². The Balaban J connectivity index is 1.51. The van der Waals surface area contributed by atoms with Gasteiger partial charge in [0.05, 0.1) is 12.8 Å². The average molecular weight is 365 g/mol. The van der Waals surface area contributed by atoms with Crippen LogP contribution in [-0.2, 0) is 12.8 Å². The van der Waals surface area contributed by atoms with Gasteiger partial charge in [-0.1, -0.05) is 6.07 Å². The fourth-order valence-electron chi connectivity index (χ4n) is 2.82. The molecular weight excluding hydrogens is 342 g/mol. The minimum absolute atomic E-state index is 0.0831. The van der Waals surface area contributed by atoms with Crippen LogP contribution in [0.4, 0.5) is 0 Å². The molecule has 3 heterocycles. The predicted molar refractivity (Wildman–Crippen MR) is 103 cm³/mol. The summed E-state index contributed by atoms with van der Waals surface area (Å²) in [6.45, 7) is 0.674. The SMILES string of the molecule is COc1cccnc1CCCCNn1cncc(Cc2cccnc2)c1=O. The Hall–Kier alpha value is -3.22. The molecule has 1 N–H and O–H groups in total. The van der Waals surface area contributed by atoms with Crippen LogP contribution in [0.3, 0.4) is 0 Å². The number of hydrogen-bond acceptors (Lipinski definition) is 6. The first kappa shape index (κ1) is 18.6. The van der Waals surface area contributed by atoms with Crippen LogP contribution in [0.15, 0.2) is 60.2 Å². The van der Waals surface area contributed by atoms with E-state index >= 15 is 0 Å². The molecule has 0 aromatic carbocycles. The van der Waals surface area contributed by atoms with Crippen molar-refractivity contribution in [2.45, 2.75) is 25.7 Å². The van der Waals surface area contributed by atoms with E-state index in [4.69, 9.17) is 4.74 Å². The highest BCUT2D eigenvalue weighted by molar-refractivity contribution is 5.26. The molecule has 7 nitrogen and oxygen atoms in total. The van der Waals surface area contributed by atoms with Gasteiger partial charge >= 0.3 is 0 Å². The largest absolute Gasteiger partial charge is 0.495 e. The average Bonchev–Trinajstić information content (AvgIpc) is 2.71. The van der Waals surface area contributed by atoms with Gasteiger partial charge in [-0.25, -0.2) is 9.66 Å². The topological polar surface area (TPSA) is 81.9 Å². The van der Waals surface area contributed by atoms with Crippen molar-refractivity contribution in [3.05, 3.63) is 82.6 Å². The summed E-state index contributed by atoms with van der Waals surface area (Å²) in [5.41, 5.74) is 5.62. The van der Waals surface area contributed by atoms with E-state index < -0.39 is 0 Å². The molecule has 140 valence electrons. The first-order valence-electron chi connectivity index (χ1n) is 8.94. The number of unbranched alkanes of at least 4 members (excludes halogenated alkanes) is 1. The number of pyridine rings is 2. The van der Waals surface area contributed by atoms with Crippen LogP contribution in [0, 0.1) is 0 Å². The zero-order valence-electron chi connectivity index (χ0n) is 15.3. The Morgan fingerprint density at radius 3 is 2.81 bits per heavy atom. The van der Waals surface area contributed by atoms with Crippen molar-refractivity contribution in [3.63, 3.8) is 0 Å². The molecule has 0 unspecified atom stereocenters. The third-order valence-electron chi connectivity index (χ3n) is 4.21. The summed E-state index contributed by atoms with van der Waals surface area (Å²) in [4.78, 5) is 25.2. The van der Waals surface area contributed by atoms with Crippen LogP contribution in [0.5, 0.6) is 5.75 Å². The lowest BCUT2D eigenvalue weighted by atomic mass is 10.1. The number of hydrogen-bond donors (Lipinski definition) is 1. The number of ether oxygens (including phenoxy) is 1. The molecule has 0 spiro atoms. The monoisotopic (exact) mass is 365 g/mol. The van der Waals surface area contributed by atoms with E-state index in [-0.39, 0.29) is 5.56 Å². The first-order valence-corrected chi connectivity index (χ1v) is 8.94. The first-order chi connectivity index (χ1) is 13.3.